The number of hydrogen-bond donors (Lipinski definition) is 0. The molecule has 0 aliphatic carbocycles. The summed E-state index contributed by atoms with van der Waals surface area (Å²) >= 11 is 0. The van der Waals surface area contributed by atoms with E-state index in [0.29, 0.717) is 37.6 Å². The van der Waals surface area contributed by atoms with E-state index in [2.05, 4.69) is 0 Å². The van der Waals surface area contributed by atoms with Gasteiger partial charge in [-0.1, -0.05) is 30.3 Å². The zero-order valence-electron chi connectivity index (χ0n) is 20.6. The summed E-state index contributed by atoms with van der Waals surface area (Å²) in [6.45, 7) is 4.94. The van der Waals surface area contributed by atoms with Crippen LogP contribution in [0, 0.1) is 19.7 Å². The van der Waals surface area contributed by atoms with Crippen molar-refractivity contribution in [3.05, 3.63) is 83.7 Å². The molecule has 0 N–H and O–H groups in total. The molecule has 1 aliphatic heterocycles. The molecule has 4 rings (SSSR count). The van der Waals surface area contributed by atoms with Gasteiger partial charge in [0.1, 0.15) is 23.0 Å². The van der Waals surface area contributed by atoms with Crippen LogP contribution in [-0.2, 0) is 14.8 Å². The Morgan fingerprint density at radius 2 is 1.64 bits per heavy atom. The molecule has 190 valence electrons. The van der Waals surface area contributed by atoms with E-state index in [4.69, 9.17) is 4.74 Å². The molecule has 1 aliphatic rings. The molecule has 36 heavy (non-hydrogen) atoms. The molecule has 1 saturated heterocycles. The zero-order chi connectivity index (χ0) is 25.9. The van der Waals surface area contributed by atoms with Crippen LogP contribution in [0.3, 0.4) is 0 Å². The number of benzene rings is 3. The highest BCUT2D eigenvalue weighted by Crippen LogP contribution is 2.31. The van der Waals surface area contributed by atoms with Crippen LogP contribution >= 0.6 is 0 Å². The molecular weight excluding hydrogens is 481 g/mol. The summed E-state index contributed by atoms with van der Waals surface area (Å²) in [6, 6.07) is 18.5. The highest BCUT2D eigenvalue weighted by atomic mass is 32.2. The van der Waals surface area contributed by atoms with Gasteiger partial charge in [-0.2, -0.15) is 0 Å². The number of amides is 1. The molecule has 0 radical (unpaired) electrons. The number of piperazine rings is 1. The lowest BCUT2D eigenvalue weighted by Gasteiger charge is -2.37. The third-order valence-corrected chi connectivity index (χ3v) is 8.08. The molecule has 0 aromatic heterocycles. The van der Waals surface area contributed by atoms with E-state index < -0.39 is 10.0 Å². The molecule has 3 aromatic carbocycles. The number of methoxy groups -OCH3 is 1. The summed E-state index contributed by atoms with van der Waals surface area (Å²) < 4.78 is 48.5. The van der Waals surface area contributed by atoms with Gasteiger partial charge in [-0.3, -0.25) is 9.10 Å². The molecule has 0 bridgehead atoms. The van der Waals surface area contributed by atoms with Gasteiger partial charge in [-0.25, -0.2) is 12.8 Å². The van der Waals surface area contributed by atoms with E-state index in [1.807, 2.05) is 17.9 Å². The van der Waals surface area contributed by atoms with E-state index in [1.54, 1.807) is 66.4 Å². The highest BCUT2D eigenvalue weighted by molar-refractivity contribution is 7.93. The van der Waals surface area contributed by atoms with Gasteiger partial charge in [0.05, 0.1) is 18.5 Å². The molecule has 9 heteroatoms. The number of aryl methyl sites for hydroxylation is 2. The first-order chi connectivity index (χ1) is 17.2. The fourth-order valence-corrected chi connectivity index (χ4v) is 5.98. The predicted octanol–water partition coefficient (Wildman–Crippen LogP) is 4.00. The zero-order valence-corrected chi connectivity index (χ0v) is 21.5. The molecule has 0 unspecified atom stereocenters. The normalized spacial score (nSPS) is 14.0. The van der Waals surface area contributed by atoms with E-state index >= 15 is 0 Å². The summed E-state index contributed by atoms with van der Waals surface area (Å²) in [5.74, 6) is -0.412. The first kappa shape index (κ1) is 25.5. The Labute approximate surface area is 211 Å². The Morgan fingerprint density at radius 3 is 2.31 bits per heavy atom. The maximum absolute atomic E-state index is 14.2. The van der Waals surface area contributed by atoms with Gasteiger partial charge in [-0.15, -0.1) is 0 Å². The lowest BCUT2D eigenvalue weighted by molar-refractivity contribution is -0.129. The smallest absolute Gasteiger partial charge is 0.268 e. The number of ether oxygens (including phenoxy) is 1. The summed E-state index contributed by atoms with van der Waals surface area (Å²) in [5, 5.41) is 0. The van der Waals surface area contributed by atoms with Crippen LogP contribution in [-0.4, -0.2) is 59.1 Å². The second-order valence-electron chi connectivity index (χ2n) is 8.82. The van der Waals surface area contributed by atoms with Gasteiger partial charge < -0.3 is 14.5 Å². The topological polar surface area (TPSA) is 70.2 Å². The number of halogens is 1. The maximum Gasteiger partial charge on any atom is 0.268 e. The predicted molar refractivity (Wildman–Crippen MR) is 139 cm³/mol. The van der Waals surface area contributed by atoms with Crippen LogP contribution in [0.15, 0.2) is 71.6 Å². The third-order valence-electron chi connectivity index (χ3n) is 6.28. The van der Waals surface area contributed by atoms with Gasteiger partial charge in [0.25, 0.3) is 10.0 Å². The monoisotopic (exact) mass is 511 g/mol. The molecule has 1 heterocycles. The minimum atomic E-state index is -4.13. The number of carbonyl (C=O) groups excluding carboxylic acids is 1. The Bertz CT molecular complexity index is 1350. The number of nitrogens with zero attached hydrogens (tertiary/aromatic N) is 3. The van der Waals surface area contributed by atoms with Crippen molar-refractivity contribution < 1.29 is 22.3 Å². The Hall–Kier alpha value is -3.59. The largest absolute Gasteiger partial charge is 0.495 e. The molecule has 0 saturated carbocycles. The molecule has 0 spiro atoms. The molecule has 1 amide bonds. The van der Waals surface area contributed by atoms with Gasteiger partial charge in [0, 0.05) is 26.2 Å². The van der Waals surface area contributed by atoms with Crippen molar-refractivity contribution >= 4 is 27.3 Å². The Morgan fingerprint density at radius 1 is 0.944 bits per heavy atom. The molecule has 1 fully saturated rings. The van der Waals surface area contributed by atoms with Crippen LogP contribution in [0.2, 0.25) is 0 Å². The highest BCUT2D eigenvalue weighted by Gasteiger charge is 2.32. The summed E-state index contributed by atoms with van der Waals surface area (Å²) in [5.41, 5.74) is 2.53. The number of rotatable bonds is 7. The second-order valence-corrected chi connectivity index (χ2v) is 10.7. The van der Waals surface area contributed by atoms with Crippen LogP contribution < -0.4 is 13.9 Å². The SMILES string of the molecule is COc1ccc(C)cc1S(=O)(=O)N(CC(=O)N1CCN(c2ccccc2F)CC1)c1cccc(C)c1. The van der Waals surface area contributed by atoms with E-state index in [0.717, 1.165) is 15.4 Å². The van der Waals surface area contributed by atoms with Crippen molar-refractivity contribution in [2.45, 2.75) is 18.7 Å². The molecule has 3 aromatic rings. The average Bonchev–Trinajstić information content (AvgIpc) is 2.87. The van der Waals surface area contributed by atoms with E-state index in [9.17, 15) is 17.6 Å². The number of hydrogen-bond acceptors (Lipinski definition) is 5. The van der Waals surface area contributed by atoms with Crippen LogP contribution in [0.25, 0.3) is 0 Å². The van der Waals surface area contributed by atoms with Crippen molar-refractivity contribution in [2.75, 3.05) is 49.0 Å². The fourth-order valence-electron chi connectivity index (χ4n) is 4.33. The number of carbonyl (C=O) groups is 1. The van der Waals surface area contributed by atoms with Gasteiger partial charge in [0.2, 0.25) is 5.91 Å². The Balaban J connectivity index is 1.60. The molecule has 0 atom stereocenters. The average molecular weight is 512 g/mol. The Kier molecular flexibility index (Phi) is 7.49. The summed E-state index contributed by atoms with van der Waals surface area (Å²) in [6.07, 6.45) is 0. The quantitative estimate of drug-likeness (QED) is 0.480. The van der Waals surface area contributed by atoms with Gasteiger partial charge in [-0.05, 0) is 61.4 Å². The lowest BCUT2D eigenvalue weighted by Crippen LogP contribution is -2.52. The van der Waals surface area contributed by atoms with E-state index in [1.165, 1.54) is 13.2 Å². The first-order valence-electron chi connectivity index (χ1n) is 11.7. The standard InChI is InChI=1S/C27H30FN3O4S/c1-20-7-6-8-22(17-20)31(36(33,34)26-18-21(2)11-12-25(26)35-3)19-27(32)30-15-13-29(14-16-30)24-10-5-4-9-23(24)28/h4-12,17-18H,13-16,19H2,1-3H3. The van der Waals surface area contributed by atoms with Crippen molar-refractivity contribution in [3.63, 3.8) is 0 Å². The number of para-hydroxylation sites is 1. The third kappa shape index (κ3) is 5.31. The van der Waals surface area contributed by atoms with Crippen molar-refractivity contribution in [3.8, 4) is 5.75 Å². The van der Waals surface area contributed by atoms with Crippen LogP contribution in [0.1, 0.15) is 11.1 Å². The second kappa shape index (κ2) is 10.6. The van der Waals surface area contributed by atoms with Gasteiger partial charge in [0.15, 0.2) is 0 Å². The lowest BCUT2D eigenvalue weighted by atomic mass is 10.2. The fraction of sp³-hybridized carbons (Fsp3) is 0.296. The summed E-state index contributed by atoms with van der Waals surface area (Å²) in [4.78, 5) is 16.9. The van der Waals surface area contributed by atoms with Crippen molar-refractivity contribution in [2.24, 2.45) is 0 Å². The van der Waals surface area contributed by atoms with Crippen LogP contribution in [0.5, 0.6) is 5.75 Å². The van der Waals surface area contributed by atoms with Crippen LogP contribution in [0.4, 0.5) is 15.8 Å². The number of sulfonamides is 1. The van der Waals surface area contributed by atoms with E-state index in [-0.39, 0.29) is 28.9 Å². The number of anilines is 2. The molecular formula is C27H30FN3O4S. The maximum atomic E-state index is 14.2. The first-order valence-corrected chi connectivity index (χ1v) is 13.2. The van der Waals surface area contributed by atoms with Gasteiger partial charge >= 0.3 is 0 Å². The minimum absolute atomic E-state index is 0.00341. The molecule has 7 nitrogen and oxygen atoms in total. The van der Waals surface area contributed by atoms with Crippen molar-refractivity contribution in [1.29, 1.82) is 0 Å². The summed E-state index contributed by atoms with van der Waals surface area (Å²) in [7, 11) is -2.71. The minimum Gasteiger partial charge on any atom is -0.495 e. The van der Waals surface area contributed by atoms with Crippen molar-refractivity contribution in [1.82, 2.24) is 4.90 Å².